The van der Waals surface area contributed by atoms with E-state index in [9.17, 15) is 13.5 Å². The summed E-state index contributed by atoms with van der Waals surface area (Å²) in [6.45, 7) is 3.56. The molecule has 0 amide bonds. The van der Waals surface area contributed by atoms with E-state index < -0.39 is 10.0 Å². The minimum atomic E-state index is -3.63. The van der Waals surface area contributed by atoms with Crippen molar-refractivity contribution in [3.05, 3.63) is 53.4 Å². The number of nitrogens with zero attached hydrogens (tertiary/aromatic N) is 2. The van der Waals surface area contributed by atoms with Crippen LogP contribution in [0.3, 0.4) is 0 Å². The molecular formula is C16H20N2O3S2. The fourth-order valence-electron chi connectivity index (χ4n) is 2.54. The summed E-state index contributed by atoms with van der Waals surface area (Å²) in [5, 5.41) is 10.2. The Hall–Kier alpha value is -1.44. The van der Waals surface area contributed by atoms with E-state index in [4.69, 9.17) is 0 Å². The van der Waals surface area contributed by atoms with Gasteiger partial charge in [0.1, 0.15) is 5.76 Å². The van der Waals surface area contributed by atoms with Gasteiger partial charge in [-0.05, 0) is 25.1 Å². The Morgan fingerprint density at radius 3 is 2.61 bits per heavy atom. The molecule has 23 heavy (non-hydrogen) atoms. The van der Waals surface area contributed by atoms with Crippen LogP contribution in [-0.4, -0.2) is 54.0 Å². The Labute approximate surface area is 141 Å². The molecule has 0 bridgehead atoms. The van der Waals surface area contributed by atoms with Gasteiger partial charge in [-0.3, -0.25) is 9.21 Å². The van der Waals surface area contributed by atoms with E-state index in [0.29, 0.717) is 6.54 Å². The lowest BCUT2D eigenvalue weighted by molar-refractivity contribution is 0.334. The fraction of sp³-hybridized carbons (Fsp3) is 0.375. The number of aliphatic hydroxyl groups is 1. The van der Waals surface area contributed by atoms with Crippen molar-refractivity contribution < 1.29 is 13.5 Å². The normalized spacial score (nSPS) is 19.6. The van der Waals surface area contributed by atoms with Gasteiger partial charge in [0.15, 0.2) is 0 Å². The second kappa shape index (κ2) is 6.59. The molecule has 0 aromatic heterocycles. The highest BCUT2D eigenvalue weighted by Crippen LogP contribution is 2.24. The average Bonchev–Trinajstić information content (AvgIpc) is 3.03. The third-order valence-corrected chi connectivity index (χ3v) is 6.72. The molecule has 2 aliphatic heterocycles. The first-order valence-electron chi connectivity index (χ1n) is 7.44. The SMILES string of the molecule is Cc1ccc(S(=O)(=O)N2C=CC(CN3CCSC3)=C(O)C2)cc1. The van der Waals surface area contributed by atoms with E-state index in [1.54, 1.807) is 36.5 Å². The molecule has 0 saturated carbocycles. The predicted molar refractivity (Wildman–Crippen MR) is 92.8 cm³/mol. The lowest BCUT2D eigenvalue weighted by atomic mass is 10.1. The summed E-state index contributed by atoms with van der Waals surface area (Å²) in [6, 6.07) is 6.73. The summed E-state index contributed by atoms with van der Waals surface area (Å²) in [4.78, 5) is 2.48. The van der Waals surface area contributed by atoms with Crippen molar-refractivity contribution in [3.8, 4) is 0 Å². The van der Waals surface area contributed by atoms with Crippen molar-refractivity contribution in [1.29, 1.82) is 0 Å². The van der Waals surface area contributed by atoms with E-state index in [1.165, 1.54) is 4.31 Å². The molecule has 0 unspecified atom stereocenters. The predicted octanol–water partition coefficient (Wildman–Crippen LogP) is 2.33. The highest BCUT2D eigenvalue weighted by atomic mass is 32.2. The third-order valence-electron chi connectivity index (χ3n) is 3.97. The maximum absolute atomic E-state index is 12.6. The smallest absolute Gasteiger partial charge is 0.264 e. The Morgan fingerprint density at radius 1 is 1.26 bits per heavy atom. The summed E-state index contributed by atoms with van der Waals surface area (Å²) in [5.74, 6) is 2.18. The van der Waals surface area contributed by atoms with Gasteiger partial charge in [-0.15, -0.1) is 11.8 Å². The number of aliphatic hydroxyl groups excluding tert-OH is 1. The zero-order valence-electron chi connectivity index (χ0n) is 13.0. The number of rotatable bonds is 4. The number of thioether (sulfide) groups is 1. The molecule has 7 heteroatoms. The molecule has 0 spiro atoms. The molecule has 1 aromatic rings. The van der Waals surface area contributed by atoms with E-state index in [0.717, 1.165) is 29.3 Å². The maximum Gasteiger partial charge on any atom is 0.264 e. The molecular weight excluding hydrogens is 332 g/mol. The first kappa shape index (κ1) is 16.4. The molecule has 3 rings (SSSR count). The van der Waals surface area contributed by atoms with Gasteiger partial charge >= 0.3 is 0 Å². The van der Waals surface area contributed by atoms with Crippen LogP contribution in [0, 0.1) is 6.92 Å². The van der Waals surface area contributed by atoms with Crippen LogP contribution in [0.4, 0.5) is 0 Å². The van der Waals surface area contributed by atoms with E-state index >= 15 is 0 Å². The van der Waals surface area contributed by atoms with Gasteiger partial charge in [0.05, 0.1) is 11.4 Å². The van der Waals surface area contributed by atoms with Crippen LogP contribution in [0.2, 0.25) is 0 Å². The molecule has 0 radical (unpaired) electrons. The number of hydrogen-bond donors (Lipinski definition) is 1. The van der Waals surface area contributed by atoms with E-state index in [1.807, 2.05) is 18.7 Å². The summed E-state index contributed by atoms with van der Waals surface area (Å²) in [6.07, 6.45) is 3.25. The molecule has 1 aromatic carbocycles. The standard InChI is InChI=1S/C16H20N2O3S2/c1-13-2-4-15(5-3-13)23(20,21)18-7-6-14(16(19)11-18)10-17-8-9-22-12-17/h2-7,19H,8-12H2,1H3. The zero-order chi connectivity index (χ0) is 16.4. The minimum absolute atomic E-state index is 0.0109. The van der Waals surface area contributed by atoms with Crippen molar-refractivity contribution in [1.82, 2.24) is 9.21 Å². The van der Waals surface area contributed by atoms with Crippen LogP contribution in [0.1, 0.15) is 5.56 Å². The molecule has 1 fully saturated rings. The minimum Gasteiger partial charge on any atom is -0.510 e. The molecule has 1 N–H and O–H groups in total. The van der Waals surface area contributed by atoms with Crippen LogP contribution >= 0.6 is 11.8 Å². The van der Waals surface area contributed by atoms with Crippen molar-refractivity contribution in [2.75, 3.05) is 31.3 Å². The molecule has 1 saturated heterocycles. The van der Waals surface area contributed by atoms with Gasteiger partial charge in [-0.1, -0.05) is 17.7 Å². The van der Waals surface area contributed by atoms with Crippen molar-refractivity contribution in [2.24, 2.45) is 0 Å². The lowest BCUT2D eigenvalue weighted by Gasteiger charge is -2.26. The number of sulfonamides is 1. The Bertz CT molecular complexity index is 733. The highest BCUT2D eigenvalue weighted by molar-refractivity contribution is 7.99. The molecule has 2 aliphatic rings. The maximum atomic E-state index is 12.6. The fourth-order valence-corrected chi connectivity index (χ4v) is 4.80. The van der Waals surface area contributed by atoms with Gasteiger partial charge in [-0.2, -0.15) is 0 Å². The van der Waals surface area contributed by atoms with Crippen LogP contribution in [0.5, 0.6) is 0 Å². The molecule has 2 heterocycles. The molecule has 0 aliphatic carbocycles. The summed E-state index contributed by atoms with van der Waals surface area (Å²) >= 11 is 1.87. The van der Waals surface area contributed by atoms with Crippen LogP contribution in [0.25, 0.3) is 0 Å². The summed E-state index contributed by atoms with van der Waals surface area (Å²) in [7, 11) is -3.63. The number of benzene rings is 1. The summed E-state index contributed by atoms with van der Waals surface area (Å²) in [5.41, 5.74) is 1.80. The van der Waals surface area contributed by atoms with Gasteiger partial charge in [0.2, 0.25) is 0 Å². The van der Waals surface area contributed by atoms with Crippen molar-refractivity contribution in [3.63, 3.8) is 0 Å². The summed E-state index contributed by atoms with van der Waals surface area (Å²) < 4.78 is 26.4. The monoisotopic (exact) mass is 352 g/mol. The Morgan fingerprint density at radius 2 is 2.00 bits per heavy atom. The molecule has 0 atom stereocenters. The van der Waals surface area contributed by atoms with E-state index in [2.05, 4.69) is 4.90 Å². The van der Waals surface area contributed by atoms with E-state index in [-0.39, 0.29) is 17.2 Å². The van der Waals surface area contributed by atoms with Gasteiger partial charge in [0.25, 0.3) is 10.0 Å². The topological polar surface area (TPSA) is 60.9 Å². The lowest BCUT2D eigenvalue weighted by Crippen LogP contribution is -2.32. The van der Waals surface area contributed by atoms with Crippen LogP contribution < -0.4 is 0 Å². The van der Waals surface area contributed by atoms with Crippen molar-refractivity contribution >= 4 is 21.8 Å². The number of hydrogen-bond acceptors (Lipinski definition) is 5. The quantitative estimate of drug-likeness (QED) is 0.901. The van der Waals surface area contributed by atoms with Crippen LogP contribution in [0.15, 0.2) is 52.8 Å². The second-order valence-electron chi connectivity index (χ2n) is 5.74. The van der Waals surface area contributed by atoms with Gasteiger partial charge in [-0.25, -0.2) is 8.42 Å². The molecule has 5 nitrogen and oxygen atoms in total. The second-order valence-corrected chi connectivity index (χ2v) is 8.71. The zero-order valence-corrected chi connectivity index (χ0v) is 14.6. The van der Waals surface area contributed by atoms with Gasteiger partial charge in [0, 0.05) is 36.5 Å². The Kier molecular flexibility index (Phi) is 4.70. The number of aryl methyl sites for hydroxylation is 1. The Balaban J connectivity index is 1.75. The first-order valence-corrected chi connectivity index (χ1v) is 10.0. The molecule has 124 valence electrons. The van der Waals surface area contributed by atoms with Crippen LogP contribution in [-0.2, 0) is 10.0 Å². The average molecular weight is 352 g/mol. The largest absolute Gasteiger partial charge is 0.510 e. The van der Waals surface area contributed by atoms with Gasteiger partial charge < -0.3 is 5.11 Å². The highest BCUT2D eigenvalue weighted by Gasteiger charge is 2.26. The van der Waals surface area contributed by atoms with Crippen molar-refractivity contribution in [2.45, 2.75) is 11.8 Å². The first-order chi connectivity index (χ1) is 11.0. The third kappa shape index (κ3) is 3.57.